The molecule has 0 radical (unpaired) electrons. The molecule has 22 heavy (non-hydrogen) atoms. The fourth-order valence-corrected chi connectivity index (χ4v) is 2.92. The number of nitrogens with two attached hydrogens (primary N) is 1. The van der Waals surface area contributed by atoms with Gasteiger partial charge in [0, 0.05) is 5.75 Å². The number of hydrogen-bond acceptors (Lipinski definition) is 6. The monoisotopic (exact) mass is 308 g/mol. The average Bonchev–Trinajstić information content (AvgIpc) is 3.07. The number of thioether (sulfide) groups is 1. The van der Waals surface area contributed by atoms with Crippen molar-refractivity contribution < 1.29 is 4.42 Å². The van der Waals surface area contributed by atoms with Gasteiger partial charge in [0.2, 0.25) is 5.95 Å². The summed E-state index contributed by atoms with van der Waals surface area (Å²) in [5, 5.41) is 10.0. The van der Waals surface area contributed by atoms with Crippen LogP contribution in [0.25, 0.3) is 11.5 Å². The van der Waals surface area contributed by atoms with Crippen molar-refractivity contribution in [3.05, 3.63) is 59.9 Å². The van der Waals surface area contributed by atoms with Crippen molar-refractivity contribution in [3.63, 3.8) is 0 Å². The second-order valence-electron chi connectivity index (χ2n) is 4.47. The fraction of sp³-hybridized carbons (Fsp3) is 0.0625. The van der Waals surface area contributed by atoms with E-state index in [0.29, 0.717) is 27.8 Å². The number of nitrogens with zero attached hydrogens (tertiary/aromatic N) is 3. The Kier molecular flexibility index (Phi) is 4.08. The zero-order chi connectivity index (χ0) is 15.4. The number of rotatable bonds is 4. The molecule has 0 aliphatic heterocycles. The lowest BCUT2D eigenvalue weighted by Gasteiger charge is -2.07. The first-order valence-corrected chi connectivity index (χ1v) is 7.54. The number of aromatic nitrogens is 2. The normalized spacial score (nSPS) is 10.3. The second kappa shape index (κ2) is 6.33. The molecule has 0 atom stereocenters. The first-order valence-electron chi connectivity index (χ1n) is 6.56. The van der Waals surface area contributed by atoms with Crippen LogP contribution >= 0.6 is 11.8 Å². The van der Waals surface area contributed by atoms with Gasteiger partial charge in [0.25, 0.3) is 0 Å². The fourth-order valence-electron chi connectivity index (χ4n) is 1.98. The van der Waals surface area contributed by atoms with Gasteiger partial charge in [0.1, 0.15) is 22.4 Å². The molecule has 0 bridgehead atoms. The van der Waals surface area contributed by atoms with Gasteiger partial charge in [-0.3, -0.25) is 0 Å². The molecule has 3 aromatic rings. The molecular weight excluding hydrogens is 296 g/mol. The van der Waals surface area contributed by atoms with Crippen LogP contribution in [-0.4, -0.2) is 9.97 Å². The molecule has 0 spiro atoms. The predicted octanol–water partition coefficient (Wildman–Crippen LogP) is 3.48. The smallest absolute Gasteiger partial charge is 0.221 e. The van der Waals surface area contributed by atoms with Gasteiger partial charge in [-0.25, -0.2) is 9.97 Å². The summed E-state index contributed by atoms with van der Waals surface area (Å²) < 4.78 is 5.33. The Balaban J connectivity index is 1.96. The largest absolute Gasteiger partial charge is 0.463 e. The van der Waals surface area contributed by atoms with Crippen LogP contribution in [0.5, 0.6) is 0 Å². The summed E-state index contributed by atoms with van der Waals surface area (Å²) in [6.45, 7) is 0. The van der Waals surface area contributed by atoms with Crippen LogP contribution in [0.2, 0.25) is 0 Å². The maximum atomic E-state index is 9.46. The molecule has 0 aliphatic carbocycles. The number of benzene rings is 1. The SMILES string of the molecule is N#Cc1c(SCc2ccccc2)nc(N)nc1-c1ccco1. The van der Waals surface area contributed by atoms with Crippen molar-refractivity contribution in [1.82, 2.24) is 9.97 Å². The molecule has 0 fully saturated rings. The third kappa shape index (κ3) is 2.95. The summed E-state index contributed by atoms with van der Waals surface area (Å²) in [6, 6.07) is 15.6. The van der Waals surface area contributed by atoms with Crippen LogP contribution in [0, 0.1) is 11.3 Å². The van der Waals surface area contributed by atoms with Gasteiger partial charge in [-0.2, -0.15) is 5.26 Å². The third-order valence-electron chi connectivity index (χ3n) is 2.98. The summed E-state index contributed by atoms with van der Waals surface area (Å²) >= 11 is 1.46. The standard InChI is InChI=1S/C16H12N4OS/c17-9-12-14(13-7-4-8-21-13)19-16(18)20-15(12)22-10-11-5-2-1-3-6-11/h1-8H,10H2,(H2,18,19,20). The summed E-state index contributed by atoms with van der Waals surface area (Å²) in [5.74, 6) is 1.33. The highest BCUT2D eigenvalue weighted by molar-refractivity contribution is 7.98. The molecule has 2 heterocycles. The summed E-state index contributed by atoms with van der Waals surface area (Å²) in [6.07, 6.45) is 1.53. The predicted molar refractivity (Wildman–Crippen MR) is 84.9 cm³/mol. The van der Waals surface area contributed by atoms with Crippen LogP contribution in [0.3, 0.4) is 0 Å². The van der Waals surface area contributed by atoms with E-state index in [9.17, 15) is 5.26 Å². The molecule has 2 N–H and O–H groups in total. The van der Waals surface area contributed by atoms with Gasteiger partial charge in [-0.1, -0.05) is 30.3 Å². The number of nitrogen functional groups attached to an aromatic ring is 1. The topological polar surface area (TPSA) is 88.7 Å². The lowest BCUT2D eigenvalue weighted by atomic mass is 10.2. The highest BCUT2D eigenvalue weighted by Gasteiger charge is 2.17. The van der Waals surface area contributed by atoms with E-state index in [0.717, 1.165) is 5.56 Å². The Hall–Kier alpha value is -2.78. The molecule has 108 valence electrons. The molecule has 0 saturated carbocycles. The molecule has 3 rings (SSSR count). The molecule has 0 aliphatic rings. The van der Waals surface area contributed by atoms with E-state index < -0.39 is 0 Å². The Labute approximate surface area is 131 Å². The maximum Gasteiger partial charge on any atom is 0.221 e. The Bertz CT molecular complexity index is 810. The van der Waals surface area contributed by atoms with Crippen LogP contribution < -0.4 is 5.73 Å². The van der Waals surface area contributed by atoms with Crippen molar-refractivity contribution in [3.8, 4) is 17.5 Å². The maximum absolute atomic E-state index is 9.46. The van der Waals surface area contributed by atoms with Gasteiger partial charge in [-0.15, -0.1) is 11.8 Å². The van der Waals surface area contributed by atoms with E-state index >= 15 is 0 Å². The third-order valence-corrected chi connectivity index (χ3v) is 4.02. The summed E-state index contributed by atoms with van der Waals surface area (Å²) in [5.41, 5.74) is 7.72. The number of nitriles is 1. The molecule has 6 heteroatoms. The van der Waals surface area contributed by atoms with E-state index in [1.54, 1.807) is 12.1 Å². The van der Waals surface area contributed by atoms with Crippen molar-refractivity contribution in [2.24, 2.45) is 0 Å². The minimum absolute atomic E-state index is 0.126. The number of hydrogen-bond donors (Lipinski definition) is 1. The highest BCUT2D eigenvalue weighted by atomic mass is 32.2. The minimum atomic E-state index is 0.126. The number of anilines is 1. The average molecular weight is 308 g/mol. The van der Waals surface area contributed by atoms with Gasteiger partial charge < -0.3 is 10.2 Å². The summed E-state index contributed by atoms with van der Waals surface area (Å²) in [4.78, 5) is 8.33. The van der Waals surface area contributed by atoms with Crippen molar-refractivity contribution in [2.45, 2.75) is 10.8 Å². The zero-order valence-corrected chi connectivity index (χ0v) is 12.4. The Morgan fingerprint density at radius 3 is 2.64 bits per heavy atom. The molecule has 2 aromatic heterocycles. The lowest BCUT2D eigenvalue weighted by Crippen LogP contribution is -2.02. The second-order valence-corrected chi connectivity index (χ2v) is 5.44. The zero-order valence-electron chi connectivity index (χ0n) is 11.6. The Morgan fingerprint density at radius 2 is 1.95 bits per heavy atom. The highest BCUT2D eigenvalue weighted by Crippen LogP contribution is 2.31. The van der Waals surface area contributed by atoms with Gasteiger partial charge in [0.05, 0.1) is 6.26 Å². The molecule has 1 aromatic carbocycles. The minimum Gasteiger partial charge on any atom is -0.463 e. The van der Waals surface area contributed by atoms with Gasteiger partial charge in [-0.05, 0) is 17.7 Å². The van der Waals surface area contributed by atoms with Crippen LogP contribution in [0.15, 0.2) is 58.2 Å². The first-order chi connectivity index (χ1) is 10.8. The van der Waals surface area contributed by atoms with Crippen molar-refractivity contribution in [2.75, 3.05) is 5.73 Å². The van der Waals surface area contributed by atoms with Gasteiger partial charge >= 0.3 is 0 Å². The molecule has 0 unspecified atom stereocenters. The van der Waals surface area contributed by atoms with E-state index in [4.69, 9.17) is 10.2 Å². The van der Waals surface area contributed by atoms with E-state index in [-0.39, 0.29) is 5.95 Å². The van der Waals surface area contributed by atoms with E-state index in [1.165, 1.54) is 18.0 Å². The quantitative estimate of drug-likeness (QED) is 0.586. The van der Waals surface area contributed by atoms with E-state index in [2.05, 4.69) is 16.0 Å². The van der Waals surface area contributed by atoms with Crippen LogP contribution in [0.4, 0.5) is 5.95 Å². The molecular formula is C16H12N4OS. The van der Waals surface area contributed by atoms with E-state index in [1.807, 2.05) is 30.3 Å². The molecule has 0 saturated heterocycles. The molecule has 5 nitrogen and oxygen atoms in total. The van der Waals surface area contributed by atoms with Gasteiger partial charge in [0.15, 0.2) is 5.76 Å². The lowest BCUT2D eigenvalue weighted by molar-refractivity contribution is 0.579. The first kappa shape index (κ1) is 14.2. The Morgan fingerprint density at radius 1 is 1.14 bits per heavy atom. The van der Waals surface area contributed by atoms with Crippen molar-refractivity contribution in [1.29, 1.82) is 5.26 Å². The molecule has 0 amide bonds. The van der Waals surface area contributed by atoms with Crippen LogP contribution in [0.1, 0.15) is 11.1 Å². The number of furan rings is 1. The summed E-state index contributed by atoms with van der Waals surface area (Å²) in [7, 11) is 0. The van der Waals surface area contributed by atoms with Crippen LogP contribution in [-0.2, 0) is 5.75 Å². The van der Waals surface area contributed by atoms with Crippen molar-refractivity contribution >= 4 is 17.7 Å².